The Kier molecular flexibility index (Phi) is 6.35. The van der Waals surface area contributed by atoms with Crippen molar-refractivity contribution < 1.29 is 33.6 Å². The maximum Gasteiger partial charge on any atom is 0.430 e. The molecule has 5 rings (SSSR count). The number of quaternary nitrogens is 1. The molecule has 2 aromatic heterocycles. The fraction of sp³-hybridized carbons (Fsp3) is 0.208. The zero-order valence-corrected chi connectivity index (χ0v) is 18.3. The van der Waals surface area contributed by atoms with Crippen LogP contribution in [0.4, 0.5) is 13.2 Å². The minimum absolute atomic E-state index is 0.0411. The van der Waals surface area contributed by atoms with Crippen molar-refractivity contribution in [2.75, 3.05) is 13.1 Å². The fourth-order valence-corrected chi connectivity index (χ4v) is 3.96. The Morgan fingerprint density at radius 2 is 1.69 bits per heavy atom. The lowest BCUT2D eigenvalue weighted by Gasteiger charge is -2.14. The first-order valence-corrected chi connectivity index (χ1v) is 10.7. The van der Waals surface area contributed by atoms with Gasteiger partial charge in [0.1, 0.15) is 12.0 Å². The van der Waals surface area contributed by atoms with Crippen LogP contribution in [-0.4, -0.2) is 52.1 Å². The molecule has 4 aromatic rings. The zero-order valence-electron chi connectivity index (χ0n) is 18.3. The van der Waals surface area contributed by atoms with Gasteiger partial charge in [0.15, 0.2) is 0 Å². The number of fused-ring (bicyclic) bond motifs is 2. The van der Waals surface area contributed by atoms with E-state index in [-0.39, 0.29) is 11.5 Å². The molecule has 8 nitrogen and oxygen atoms in total. The van der Waals surface area contributed by atoms with Gasteiger partial charge in [0.25, 0.3) is 11.5 Å². The smallest absolute Gasteiger partial charge is 0.430 e. The van der Waals surface area contributed by atoms with Crippen molar-refractivity contribution in [3.05, 3.63) is 70.5 Å². The molecule has 0 saturated carbocycles. The minimum Gasteiger partial charge on any atom is -0.542 e. The molecule has 0 spiro atoms. The summed E-state index contributed by atoms with van der Waals surface area (Å²) in [6, 6.07) is 17.5. The molecule has 182 valence electrons. The third kappa shape index (κ3) is 5.19. The van der Waals surface area contributed by atoms with E-state index in [2.05, 4.69) is 15.7 Å². The van der Waals surface area contributed by atoms with Gasteiger partial charge in [0.2, 0.25) is 0 Å². The number of benzene rings is 2. The van der Waals surface area contributed by atoms with E-state index in [1.807, 2.05) is 59.5 Å². The third-order valence-electron chi connectivity index (χ3n) is 5.72. The molecule has 1 amide bonds. The van der Waals surface area contributed by atoms with Crippen molar-refractivity contribution in [2.45, 2.75) is 18.6 Å². The van der Waals surface area contributed by atoms with Crippen LogP contribution in [0.1, 0.15) is 16.8 Å². The average molecular weight is 486 g/mol. The number of rotatable bonds is 2. The van der Waals surface area contributed by atoms with Gasteiger partial charge in [-0.05, 0) is 41.8 Å². The Hall–Kier alpha value is -4.12. The summed E-state index contributed by atoms with van der Waals surface area (Å²) in [5.74, 6) is -2.97. The predicted octanol–water partition coefficient (Wildman–Crippen LogP) is 1.43. The summed E-state index contributed by atoms with van der Waals surface area (Å²) >= 11 is 0. The maximum absolute atomic E-state index is 12.7. The van der Waals surface area contributed by atoms with Crippen molar-refractivity contribution in [3.8, 4) is 11.3 Å². The molecular formula is C24H21F3N4O4. The van der Waals surface area contributed by atoms with Crippen molar-refractivity contribution in [2.24, 2.45) is 0 Å². The lowest BCUT2D eigenvalue weighted by Crippen LogP contribution is -2.62. The van der Waals surface area contributed by atoms with Crippen LogP contribution in [-0.2, 0) is 4.79 Å². The molecule has 2 aromatic carbocycles. The van der Waals surface area contributed by atoms with Crippen molar-refractivity contribution >= 4 is 33.7 Å². The molecule has 1 fully saturated rings. The van der Waals surface area contributed by atoms with E-state index in [4.69, 9.17) is 9.90 Å². The summed E-state index contributed by atoms with van der Waals surface area (Å²) in [5, 5.41) is 10.7. The number of H-pyrrole nitrogens is 2. The van der Waals surface area contributed by atoms with Crippen molar-refractivity contribution in [3.63, 3.8) is 0 Å². The molecule has 11 heteroatoms. The number of aliphatic carboxylic acids is 1. The summed E-state index contributed by atoms with van der Waals surface area (Å²) in [4.78, 5) is 42.2. The first-order valence-electron chi connectivity index (χ1n) is 10.7. The Bertz CT molecular complexity index is 1480. The Morgan fingerprint density at radius 1 is 1.00 bits per heavy atom. The van der Waals surface area contributed by atoms with Crippen LogP contribution in [0.5, 0.6) is 0 Å². The molecule has 0 radical (unpaired) electrons. The fourth-order valence-electron chi connectivity index (χ4n) is 3.96. The number of amides is 1. The Labute approximate surface area is 196 Å². The molecule has 1 saturated heterocycles. The number of likely N-dealkylation sites (tertiary alicyclic amines) is 1. The van der Waals surface area contributed by atoms with Crippen LogP contribution in [0, 0.1) is 0 Å². The van der Waals surface area contributed by atoms with Crippen molar-refractivity contribution in [1.82, 2.24) is 14.9 Å². The van der Waals surface area contributed by atoms with E-state index in [1.165, 1.54) is 0 Å². The van der Waals surface area contributed by atoms with E-state index in [0.717, 1.165) is 40.5 Å². The van der Waals surface area contributed by atoms with Gasteiger partial charge >= 0.3 is 6.18 Å². The van der Waals surface area contributed by atoms with Gasteiger partial charge < -0.3 is 30.5 Å². The largest absolute Gasteiger partial charge is 0.542 e. The second-order valence-electron chi connectivity index (χ2n) is 8.28. The molecule has 1 atom stereocenters. The summed E-state index contributed by atoms with van der Waals surface area (Å²) in [6.45, 7) is 1.47. The Balaban J connectivity index is 0.000000364. The zero-order chi connectivity index (χ0) is 25.3. The number of nitrogens with one attached hydrogen (secondary N) is 2. The first-order chi connectivity index (χ1) is 16.5. The molecule has 35 heavy (non-hydrogen) atoms. The molecule has 1 unspecified atom stereocenters. The molecule has 3 heterocycles. The number of hydrogen-bond acceptors (Lipinski definition) is 4. The van der Waals surface area contributed by atoms with Gasteiger partial charge in [-0.15, -0.1) is 0 Å². The van der Waals surface area contributed by atoms with Crippen LogP contribution in [0.25, 0.3) is 33.1 Å². The second kappa shape index (κ2) is 9.26. The van der Waals surface area contributed by atoms with Gasteiger partial charge in [-0.3, -0.25) is 9.59 Å². The molecule has 5 N–H and O–H groups in total. The Morgan fingerprint density at radius 3 is 2.34 bits per heavy atom. The number of pyridine rings is 1. The standard InChI is InChI=1S/C22H20N4O2.C2HF3O2/c23-16-7-8-26(12-16)22(28)14-5-6-19-15(9-14)11-20(24-19)17-10-13-3-1-2-4-18(13)25-21(17)27;3-2(4,5)1(6)7/h1-6,9-11,16,24H,7-8,12,23H2,(H,25,27);(H,6,7). The topological polar surface area (TPSA) is 137 Å². The van der Waals surface area contributed by atoms with Crippen LogP contribution in [0.2, 0.25) is 0 Å². The molecule has 1 aliphatic rings. The van der Waals surface area contributed by atoms with E-state index < -0.39 is 12.1 Å². The number of carboxylic acid groups (broad SMARTS) is 1. The quantitative estimate of drug-likeness (QED) is 0.395. The number of carboxylic acids is 1. The second-order valence-corrected chi connectivity index (χ2v) is 8.28. The lowest BCUT2D eigenvalue weighted by atomic mass is 10.1. The SMILES string of the molecule is O=C([O-])C(F)(F)F.[NH3+]C1CCN(C(=O)c2ccc3[nH]c(-c4cc5ccccc5[nH]c4=O)cc3c2)C1. The lowest BCUT2D eigenvalue weighted by molar-refractivity contribution is -0.413. The highest BCUT2D eigenvalue weighted by Gasteiger charge is 2.29. The van der Waals surface area contributed by atoms with Crippen LogP contribution in [0.3, 0.4) is 0 Å². The number of aromatic amines is 2. The highest BCUT2D eigenvalue weighted by molar-refractivity contribution is 5.99. The number of carbonyl (C=O) groups is 2. The number of nitrogens with zero attached hydrogens (tertiary/aromatic N) is 1. The summed E-state index contributed by atoms with van der Waals surface area (Å²) in [7, 11) is 0. The summed E-state index contributed by atoms with van der Waals surface area (Å²) in [6.07, 6.45) is -4.24. The van der Waals surface area contributed by atoms with Gasteiger partial charge in [-0.25, -0.2) is 0 Å². The number of alkyl halides is 3. The predicted molar refractivity (Wildman–Crippen MR) is 120 cm³/mol. The van der Waals surface area contributed by atoms with Gasteiger partial charge in [0, 0.05) is 34.9 Å². The normalized spacial score (nSPS) is 15.8. The third-order valence-corrected chi connectivity index (χ3v) is 5.72. The maximum atomic E-state index is 12.7. The molecule has 0 bridgehead atoms. The first kappa shape index (κ1) is 24.0. The van der Waals surface area contributed by atoms with Crippen LogP contribution < -0.4 is 16.4 Å². The van der Waals surface area contributed by atoms with E-state index in [9.17, 15) is 22.8 Å². The summed E-state index contributed by atoms with van der Waals surface area (Å²) in [5.41, 5.74) is 7.62. The highest BCUT2D eigenvalue weighted by Crippen LogP contribution is 2.25. The average Bonchev–Trinajstić information content (AvgIpc) is 3.43. The number of hydrogen-bond donors (Lipinski definition) is 3. The van der Waals surface area contributed by atoms with Crippen molar-refractivity contribution in [1.29, 1.82) is 0 Å². The molecule has 1 aliphatic heterocycles. The molecular weight excluding hydrogens is 465 g/mol. The number of para-hydroxylation sites is 1. The van der Waals surface area contributed by atoms with Gasteiger partial charge in [-0.2, -0.15) is 13.2 Å². The van der Waals surface area contributed by atoms with E-state index >= 15 is 0 Å². The number of aromatic nitrogens is 2. The highest BCUT2D eigenvalue weighted by atomic mass is 19.4. The van der Waals surface area contributed by atoms with Gasteiger partial charge in [-0.1, -0.05) is 18.2 Å². The van der Waals surface area contributed by atoms with Crippen LogP contribution >= 0.6 is 0 Å². The number of carbonyl (C=O) groups excluding carboxylic acids is 2. The molecule has 0 aliphatic carbocycles. The van der Waals surface area contributed by atoms with Crippen LogP contribution in [0.15, 0.2) is 59.4 Å². The van der Waals surface area contributed by atoms with Gasteiger partial charge in [0.05, 0.1) is 17.8 Å². The monoisotopic (exact) mass is 486 g/mol. The van der Waals surface area contributed by atoms with E-state index in [0.29, 0.717) is 23.7 Å². The summed E-state index contributed by atoms with van der Waals surface area (Å²) < 4.78 is 31.5. The minimum atomic E-state index is -5.19. The van der Waals surface area contributed by atoms with E-state index in [1.54, 1.807) is 0 Å². The number of halogens is 3.